The molecule has 0 fully saturated rings. The number of sulfonamides is 1. The largest absolute Gasteiger partial charge is 0.481 e. The molecule has 0 amide bonds. The maximum absolute atomic E-state index is 13.9. The average Bonchev–Trinajstić information content (AvgIpc) is 2.54. The third kappa shape index (κ3) is 5.52. The highest BCUT2D eigenvalue weighted by Gasteiger charge is 2.15. The van der Waals surface area contributed by atoms with E-state index in [9.17, 15) is 22.0 Å². The molecule has 0 radical (unpaired) electrons. The van der Waals surface area contributed by atoms with Gasteiger partial charge in [0, 0.05) is 6.54 Å². The molecule has 0 aliphatic heterocycles. The number of thioether (sulfide) groups is 1. The van der Waals surface area contributed by atoms with E-state index in [1.165, 1.54) is 12.1 Å². The summed E-state index contributed by atoms with van der Waals surface area (Å²) in [6.45, 7) is 1.81. The van der Waals surface area contributed by atoms with E-state index in [1.54, 1.807) is 12.1 Å². The van der Waals surface area contributed by atoms with Crippen molar-refractivity contribution in [3.8, 4) is 0 Å². The van der Waals surface area contributed by atoms with Crippen molar-refractivity contribution in [2.75, 3.05) is 12.3 Å². The van der Waals surface area contributed by atoms with Crippen LogP contribution in [0.1, 0.15) is 11.1 Å². The molecule has 0 bridgehead atoms. The molecule has 0 aliphatic carbocycles. The molecule has 0 saturated heterocycles. The first-order valence-electron chi connectivity index (χ1n) is 7.58. The SMILES string of the molecule is Cc1ccc(S(=O)(=O)NCCc2cc(F)c(SCC(=O)O)c(F)c2)cc1. The maximum Gasteiger partial charge on any atom is 0.313 e. The van der Waals surface area contributed by atoms with Gasteiger partial charge in [-0.05, 0) is 43.2 Å². The van der Waals surface area contributed by atoms with Crippen LogP contribution >= 0.6 is 11.8 Å². The van der Waals surface area contributed by atoms with E-state index >= 15 is 0 Å². The zero-order valence-corrected chi connectivity index (χ0v) is 15.5. The molecule has 0 spiro atoms. The van der Waals surface area contributed by atoms with Crippen LogP contribution in [-0.2, 0) is 21.2 Å². The van der Waals surface area contributed by atoms with E-state index in [-0.39, 0.29) is 28.3 Å². The Balaban J connectivity index is 2.01. The molecular formula is C17H17F2NO4S2. The number of hydrogen-bond donors (Lipinski definition) is 2. The standard InChI is InChI=1S/C17H17F2NO4S2/c1-11-2-4-13(5-3-11)26(23,24)20-7-6-12-8-14(18)17(15(19)9-12)25-10-16(21)22/h2-5,8-9,20H,6-7,10H2,1H3,(H,21,22). The Hall–Kier alpha value is -1.97. The van der Waals surface area contributed by atoms with E-state index in [2.05, 4.69) is 4.72 Å². The van der Waals surface area contributed by atoms with Gasteiger partial charge in [0.2, 0.25) is 10.0 Å². The Morgan fingerprint density at radius 1 is 1.15 bits per heavy atom. The monoisotopic (exact) mass is 401 g/mol. The number of aryl methyl sites for hydroxylation is 1. The second-order valence-electron chi connectivity index (χ2n) is 5.53. The zero-order valence-electron chi connectivity index (χ0n) is 13.8. The van der Waals surface area contributed by atoms with Gasteiger partial charge in [-0.3, -0.25) is 4.79 Å². The molecule has 5 nitrogen and oxygen atoms in total. The normalized spacial score (nSPS) is 11.5. The predicted molar refractivity (Wildman–Crippen MR) is 94.8 cm³/mol. The minimum absolute atomic E-state index is 0.0310. The summed E-state index contributed by atoms with van der Waals surface area (Å²) in [4.78, 5) is 10.2. The highest BCUT2D eigenvalue weighted by Crippen LogP contribution is 2.26. The topological polar surface area (TPSA) is 83.5 Å². The van der Waals surface area contributed by atoms with Gasteiger partial charge in [-0.25, -0.2) is 21.9 Å². The first kappa shape index (κ1) is 20.3. The summed E-state index contributed by atoms with van der Waals surface area (Å²) in [7, 11) is -3.70. The fourth-order valence-corrected chi connectivity index (χ4v) is 3.85. The molecule has 2 N–H and O–H groups in total. The first-order valence-corrected chi connectivity index (χ1v) is 10.0. The fraction of sp³-hybridized carbons (Fsp3) is 0.235. The zero-order chi connectivity index (χ0) is 19.3. The summed E-state index contributed by atoms with van der Waals surface area (Å²) in [5.74, 6) is -3.37. The summed E-state index contributed by atoms with van der Waals surface area (Å²) >= 11 is 0.556. The van der Waals surface area contributed by atoms with E-state index in [4.69, 9.17) is 5.11 Å². The molecule has 140 valence electrons. The minimum Gasteiger partial charge on any atom is -0.481 e. The Bertz CT molecular complexity index is 876. The van der Waals surface area contributed by atoms with Crippen molar-refractivity contribution >= 4 is 27.8 Å². The van der Waals surface area contributed by atoms with Gasteiger partial charge < -0.3 is 5.11 Å². The van der Waals surface area contributed by atoms with E-state index in [1.807, 2.05) is 6.92 Å². The van der Waals surface area contributed by atoms with Gasteiger partial charge in [0.25, 0.3) is 0 Å². The van der Waals surface area contributed by atoms with Crippen LogP contribution in [0.2, 0.25) is 0 Å². The number of nitrogens with one attached hydrogen (secondary N) is 1. The smallest absolute Gasteiger partial charge is 0.313 e. The Morgan fingerprint density at radius 2 is 1.73 bits per heavy atom. The van der Waals surface area contributed by atoms with Crippen LogP contribution in [0.3, 0.4) is 0 Å². The lowest BCUT2D eigenvalue weighted by Gasteiger charge is -2.09. The highest BCUT2D eigenvalue weighted by molar-refractivity contribution is 8.00. The summed E-state index contributed by atoms with van der Waals surface area (Å²) in [5.41, 5.74) is 1.20. The van der Waals surface area contributed by atoms with Gasteiger partial charge in [-0.1, -0.05) is 17.7 Å². The lowest BCUT2D eigenvalue weighted by molar-refractivity contribution is -0.133. The van der Waals surface area contributed by atoms with Gasteiger partial charge in [0.1, 0.15) is 11.6 Å². The van der Waals surface area contributed by atoms with E-state index in [0.29, 0.717) is 11.8 Å². The molecule has 2 rings (SSSR count). The molecule has 0 saturated carbocycles. The van der Waals surface area contributed by atoms with Crippen molar-refractivity contribution in [3.63, 3.8) is 0 Å². The molecule has 2 aromatic carbocycles. The molecule has 2 aromatic rings. The number of carboxylic acids is 1. The Labute approximate surface area is 154 Å². The third-order valence-corrected chi connectivity index (χ3v) is 5.98. The van der Waals surface area contributed by atoms with Crippen LogP contribution in [0.4, 0.5) is 8.78 Å². The van der Waals surface area contributed by atoms with Crippen LogP contribution in [0.15, 0.2) is 46.2 Å². The van der Waals surface area contributed by atoms with Gasteiger partial charge in [0.15, 0.2) is 0 Å². The lowest BCUT2D eigenvalue weighted by atomic mass is 10.1. The molecule has 0 heterocycles. The minimum atomic E-state index is -3.70. The number of aliphatic carboxylic acids is 1. The number of hydrogen-bond acceptors (Lipinski definition) is 4. The van der Waals surface area contributed by atoms with Gasteiger partial charge in [0.05, 0.1) is 15.5 Å². The van der Waals surface area contributed by atoms with Crippen molar-refractivity contribution in [2.45, 2.75) is 23.1 Å². The predicted octanol–water partition coefficient (Wildman–Crippen LogP) is 2.97. The van der Waals surface area contributed by atoms with Crippen molar-refractivity contribution in [2.24, 2.45) is 0 Å². The summed E-state index contributed by atoms with van der Waals surface area (Å²) in [5, 5.41) is 8.58. The Kier molecular flexibility index (Phi) is 6.74. The number of carboxylic acid groups (broad SMARTS) is 1. The van der Waals surface area contributed by atoms with Crippen LogP contribution in [0, 0.1) is 18.6 Å². The number of carbonyl (C=O) groups is 1. The summed E-state index contributed by atoms with van der Waals surface area (Å²) < 4.78 is 54.6. The molecule has 0 unspecified atom stereocenters. The molecule has 9 heteroatoms. The second kappa shape index (κ2) is 8.61. The maximum atomic E-state index is 13.9. The molecule has 0 aliphatic rings. The van der Waals surface area contributed by atoms with E-state index < -0.39 is 33.4 Å². The van der Waals surface area contributed by atoms with Crippen molar-refractivity contribution in [3.05, 3.63) is 59.2 Å². The highest BCUT2D eigenvalue weighted by atomic mass is 32.2. The summed E-state index contributed by atoms with van der Waals surface area (Å²) in [6.07, 6.45) is 0.0861. The van der Waals surface area contributed by atoms with Crippen molar-refractivity contribution < 1.29 is 27.1 Å². The molecule has 26 heavy (non-hydrogen) atoms. The molecule has 0 atom stereocenters. The van der Waals surface area contributed by atoms with Crippen LogP contribution in [0.25, 0.3) is 0 Å². The van der Waals surface area contributed by atoms with Crippen LogP contribution < -0.4 is 4.72 Å². The first-order chi connectivity index (χ1) is 12.2. The average molecular weight is 401 g/mol. The van der Waals surface area contributed by atoms with Crippen molar-refractivity contribution in [1.82, 2.24) is 4.72 Å². The Morgan fingerprint density at radius 3 is 2.27 bits per heavy atom. The second-order valence-corrected chi connectivity index (χ2v) is 8.28. The van der Waals surface area contributed by atoms with Gasteiger partial charge in [-0.2, -0.15) is 0 Å². The third-order valence-electron chi connectivity index (χ3n) is 3.44. The molecule has 0 aromatic heterocycles. The number of rotatable bonds is 8. The van der Waals surface area contributed by atoms with Gasteiger partial charge >= 0.3 is 5.97 Å². The number of benzene rings is 2. The van der Waals surface area contributed by atoms with Crippen LogP contribution in [0.5, 0.6) is 0 Å². The van der Waals surface area contributed by atoms with Gasteiger partial charge in [-0.15, -0.1) is 11.8 Å². The molecular weight excluding hydrogens is 384 g/mol. The fourth-order valence-electron chi connectivity index (χ4n) is 2.16. The lowest BCUT2D eigenvalue weighted by Crippen LogP contribution is -2.26. The number of halogens is 2. The van der Waals surface area contributed by atoms with Crippen molar-refractivity contribution in [1.29, 1.82) is 0 Å². The summed E-state index contributed by atoms with van der Waals surface area (Å²) in [6, 6.07) is 8.46. The quantitative estimate of drug-likeness (QED) is 0.665. The van der Waals surface area contributed by atoms with Crippen LogP contribution in [-0.4, -0.2) is 31.8 Å². The van der Waals surface area contributed by atoms with E-state index in [0.717, 1.165) is 17.7 Å².